The number of hydrogen-bond donors (Lipinski definition) is 1. The lowest BCUT2D eigenvalue weighted by Gasteiger charge is -2.36. The molecule has 0 saturated carbocycles. The van der Waals surface area contributed by atoms with Crippen molar-refractivity contribution in [3.05, 3.63) is 35.2 Å². The molecule has 4 heterocycles. The number of fused-ring (bicyclic) bond motifs is 1. The number of likely N-dealkylation sites (tertiary alicyclic amines) is 1. The largest absolute Gasteiger partial charge is 0.393 e. The van der Waals surface area contributed by atoms with E-state index < -0.39 is 6.10 Å². The summed E-state index contributed by atoms with van der Waals surface area (Å²) < 4.78 is 7.27. The predicted molar refractivity (Wildman–Crippen MR) is 89.2 cm³/mol. The Morgan fingerprint density at radius 2 is 2.25 bits per heavy atom. The molecular weight excluding hydrogens is 330 g/mol. The minimum atomic E-state index is -0.421. The van der Waals surface area contributed by atoms with Crippen molar-refractivity contribution < 1.29 is 14.6 Å². The summed E-state index contributed by atoms with van der Waals surface area (Å²) in [5.41, 5.74) is 1.05. The van der Waals surface area contributed by atoms with E-state index in [0.717, 1.165) is 12.8 Å². The number of rotatable bonds is 2. The Hall–Kier alpha value is -1.63. The first-order valence-corrected chi connectivity index (χ1v) is 8.74. The molecule has 1 amide bonds. The van der Waals surface area contributed by atoms with Gasteiger partial charge in [-0.1, -0.05) is 17.7 Å². The maximum atomic E-state index is 13.2. The molecule has 0 aromatic carbocycles. The van der Waals surface area contributed by atoms with E-state index in [1.165, 1.54) is 0 Å². The average Bonchev–Trinajstić information content (AvgIpc) is 3.18. The number of imidazole rings is 1. The lowest BCUT2D eigenvalue weighted by Crippen LogP contribution is -2.48. The Kier molecular flexibility index (Phi) is 4.20. The molecule has 24 heavy (non-hydrogen) atoms. The number of pyridine rings is 1. The van der Waals surface area contributed by atoms with E-state index in [4.69, 9.17) is 16.3 Å². The zero-order chi connectivity index (χ0) is 16.7. The average molecular weight is 350 g/mol. The van der Waals surface area contributed by atoms with Crippen LogP contribution in [0.3, 0.4) is 0 Å². The van der Waals surface area contributed by atoms with Gasteiger partial charge in [0.25, 0.3) is 5.91 Å². The van der Waals surface area contributed by atoms with Gasteiger partial charge in [-0.25, -0.2) is 4.98 Å². The molecule has 7 heteroatoms. The van der Waals surface area contributed by atoms with E-state index >= 15 is 0 Å². The summed E-state index contributed by atoms with van der Waals surface area (Å²) in [6, 6.07) is 5.52. The van der Waals surface area contributed by atoms with Gasteiger partial charge in [0.2, 0.25) is 0 Å². The van der Waals surface area contributed by atoms with E-state index in [1.54, 1.807) is 10.6 Å². The highest BCUT2D eigenvalue weighted by Crippen LogP contribution is 2.32. The van der Waals surface area contributed by atoms with Gasteiger partial charge in [-0.3, -0.25) is 9.20 Å². The quantitative estimate of drug-likeness (QED) is 0.900. The molecule has 0 bridgehead atoms. The van der Waals surface area contributed by atoms with E-state index in [0.29, 0.717) is 37.5 Å². The fraction of sp³-hybridized carbons (Fsp3) is 0.529. The molecule has 2 aromatic rings. The van der Waals surface area contributed by atoms with Crippen LogP contribution in [0.1, 0.15) is 29.8 Å². The SMILES string of the molecule is O=C(c1c(Cl)nc2ccccn12)N1CCC[C@@H]1[C@H]1COCC[C@H]1O. The van der Waals surface area contributed by atoms with Gasteiger partial charge in [0.1, 0.15) is 5.65 Å². The van der Waals surface area contributed by atoms with Crippen LogP contribution in [0.4, 0.5) is 0 Å². The lowest BCUT2D eigenvalue weighted by molar-refractivity contribution is -0.0590. The van der Waals surface area contributed by atoms with Gasteiger partial charge in [0.15, 0.2) is 10.8 Å². The van der Waals surface area contributed by atoms with Crippen LogP contribution < -0.4 is 0 Å². The first kappa shape index (κ1) is 15.9. The second kappa shape index (κ2) is 6.35. The third-order valence-corrected chi connectivity index (χ3v) is 5.37. The number of hydrogen-bond acceptors (Lipinski definition) is 4. The van der Waals surface area contributed by atoms with Crippen molar-refractivity contribution in [3.63, 3.8) is 0 Å². The minimum Gasteiger partial charge on any atom is -0.393 e. The van der Waals surface area contributed by atoms with Gasteiger partial charge in [-0.2, -0.15) is 0 Å². The van der Waals surface area contributed by atoms with Crippen molar-refractivity contribution in [2.24, 2.45) is 5.92 Å². The smallest absolute Gasteiger partial charge is 0.274 e. The number of aliphatic hydroxyl groups excluding tert-OH is 1. The number of carbonyl (C=O) groups excluding carboxylic acids is 1. The first-order valence-electron chi connectivity index (χ1n) is 8.36. The lowest BCUT2D eigenvalue weighted by atomic mass is 9.89. The van der Waals surface area contributed by atoms with Crippen LogP contribution in [0.2, 0.25) is 5.15 Å². The number of ether oxygens (including phenoxy) is 1. The summed E-state index contributed by atoms with van der Waals surface area (Å²) in [5.74, 6) is -0.165. The topological polar surface area (TPSA) is 67.1 Å². The molecule has 3 atom stereocenters. The number of carbonyl (C=O) groups is 1. The Balaban J connectivity index is 1.66. The molecule has 2 aromatic heterocycles. The molecule has 2 aliphatic heterocycles. The zero-order valence-corrected chi connectivity index (χ0v) is 14.0. The van der Waals surface area contributed by atoms with Gasteiger partial charge in [-0.05, 0) is 31.4 Å². The molecule has 0 aliphatic carbocycles. The molecule has 2 fully saturated rings. The van der Waals surface area contributed by atoms with Gasteiger partial charge in [0, 0.05) is 31.3 Å². The molecule has 2 aliphatic rings. The summed E-state index contributed by atoms with van der Waals surface area (Å²) in [5, 5.41) is 10.5. The maximum Gasteiger partial charge on any atom is 0.274 e. The van der Waals surface area contributed by atoms with Crippen molar-refractivity contribution in [1.82, 2.24) is 14.3 Å². The number of aromatic nitrogens is 2. The molecule has 2 saturated heterocycles. The zero-order valence-electron chi connectivity index (χ0n) is 13.3. The fourth-order valence-electron chi connectivity index (χ4n) is 3.90. The summed E-state index contributed by atoms with van der Waals surface area (Å²) in [7, 11) is 0. The standard InChI is InChI=1S/C17H20ClN3O3/c18-16-15(21-7-2-1-5-14(21)19-16)17(23)20-8-3-4-12(20)11-10-24-9-6-13(11)22/h1-2,5,7,11-13,22H,3-4,6,8-10H2/t11-,12-,13-/m1/s1. The number of amides is 1. The van der Waals surface area contributed by atoms with Crippen molar-refractivity contribution in [3.8, 4) is 0 Å². The molecular formula is C17H20ClN3O3. The Morgan fingerprint density at radius 1 is 1.38 bits per heavy atom. The van der Waals surface area contributed by atoms with E-state index in [2.05, 4.69) is 4.98 Å². The fourth-order valence-corrected chi connectivity index (χ4v) is 4.16. The number of aliphatic hydroxyl groups is 1. The van der Waals surface area contributed by atoms with Crippen LogP contribution >= 0.6 is 11.6 Å². The Bertz CT molecular complexity index is 763. The third kappa shape index (κ3) is 2.59. The summed E-state index contributed by atoms with van der Waals surface area (Å²) in [4.78, 5) is 19.3. The number of nitrogens with zero attached hydrogens (tertiary/aromatic N) is 3. The van der Waals surface area contributed by atoms with Gasteiger partial charge < -0.3 is 14.7 Å². The summed E-state index contributed by atoms with van der Waals surface area (Å²) in [6.07, 6.45) is 3.80. The third-order valence-electron chi connectivity index (χ3n) is 5.11. The van der Waals surface area contributed by atoms with E-state index in [9.17, 15) is 9.90 Å². The van der Waals surface area contributed by atoms with Crippen LogP contribution in [-0.2, 0) is 4.74 Å². The van der Waals surface area contributed by atoms with Crippen LogP contribution in [-0.4, -0.2) is 57.2 Å². The highest BCUT2D eigenvalue weighted by atomic mass is 35.5. The second-order valence-corrected chi connectivity index (χ2v) is 6.84. The normalized spacial score (nSPS) is 27.8. The van der Waals surface area contributed by atoms with Gasteiger partial charge in [-0.15, -0.1) is 0 Å². The first-order chi connectivity index (χ1) is 11.7. The maximum absolute atomic E-state index is 13.2. The molecule has 4 rings (SSSR count). The molecule has 1 N–H and O–H groups in total. The van der Waals surface area contributed by atoms with Crippen LogP contribution in [0.15, 0.2) is 24.4 Å². The van der Waals surface area contributed by atoms with Crippen LogP contribution in [0, 0.1) is 5.92 Å². The highest BCUT2D eigenvalue weighted by molar-refractivity contribution is 6.32. The van der Waals surface area contributed by atoms with E-state index in [1.807, 2.05) is 23.1 Å². The molecule has 128 valence electrons. The predicted octanol–water partition coefficient (Wildman–Crippen LogP) is 1.99. The van der Waals surface area contributed by atoms with Crippen molar-refractivity contribution in [2.45, 2.75) is 31.4 Å². The van der Waals surface area contributed by atoms with Crippen molar-refractivity contribution in [1.29, 1.82) is 0 Å². The van der Waals surface area contributed by atoms with Gasteiger partial charge in [0.05, 0.1) is 12.7 Å². The molecule has 6 nitrogen and oxygen atoms in total. The minimum absolute atomic E-state index is 0.0156. The molecule has 0 radical (unpaired) electrons. The number of halogens is 1. The highest BCUT2D eigenvalue weighted by Gasteiger charge is 2.41. The summed E-state index contributed by atoms with van der Waals surface area (Å²) in [6.45, 7) is 1.75. The van der Waals surface area contributed by atoms with Crippen molar-refractivity contribution in [2.75, 3.05) is 19.8 Å². The monoisotopic (exact) mass is 349 g/mol. The van der Waals surface area contributed by atoms with Crippen molar-refractivity contribution >= 4 is 23.2 Å². The Morgan fingerprint density at radius 3 is 3.08 bits per heavy atom. The molecule has 0 spiro atoms. The van der Waals surface area contributed by atoms with E-state index in [-0.39, 0.29) is 23.0 Å². The van der Waals surface area contributed by atoms with Gasteiger partial charge >= 0.3 is 0 Å². The summed E-state index contributed by atoms with van der Waals surface area (Å²) >= 11 is 6.25. The second-order valence-electron chi connectivity index (χ2n) is 6.48. The van der Waals surface area contributed by atoms with Crippen LogP contribution in [0.5, 0.6) is 0 Å². The Labute approximate surface area is 145 Å². The van der Waals surface area contributed by atoms with Crippen LogP contribution in [0.25, 0.3) is 5.65 Å². The molecule has 0 unspecified atom stereocenters.